The maximum atomic E-state index is 12.5. The van der Waals surface area contributed by atoms with Crippen LogP contribution < -0.4 is 16.2 Å². The standard InChI is InChI=1S/C17H23N3O2/c1-4-9-18-17(22)19-15-11-20(10-12(2)3)16(21)14-8-6-5-7-13(14)15/h5-8,11-12H,4,9-10H2,1-3H3,(H2,18,19,22). The van der Waals surface area contributed by atoms with Crippen molar-refractivity contribution in [3.8, 4) is 0 Å². The van der Waals surface area contributed by atoms with E-state index in [-0.39, 0.29) is 11.6 Å². The monoisotopic (exact) mass is 301 g/mol. The fourth-order valence-corrected chi connectivity index (χ4v) is 2.38. The van der Waals surface area contributed by atoms with Crippen molar-refractivity contribution in [3.63, 3.8) is 0 Å². The Morgan fingerprint density at radius 3 is 2.55 bits per heavy atom. The number of nitrogens with zero attached hydrogens (tertiary/aromatic N) is 1. The number of pyridine rings is 1. The SMILES string of the molecule is CCCNC(=O)Nc1cn(CC(C)C)c(=O)c2ccccc12. The Hall–Kier alpha value is -2.30. The summed E-state index contributed by atoms with van der Waals surface area (Å²) in [7, 11) is 0. The highest BCUT2D eigenvalue weighted by molar-refractivity contribution is 6.00. The largest absolute Gasteiger partial charge is 0.338 e. The van der Waals surface area contributed by atoms with Crippen molar-refractivity contribution in [3.05, 3.63) is 40.8 Å². The summed E-state index contributed by atoms with van der Waals surface area (Å²) < 4.78 is 1.67. The predicted molar refractivity (Wildman–Crippen MR) is 90.4 cm³/mol. The Morgan fingerprint density at radius 1 is 1.23 bits per heavy atom. The van der Waals surface area contributed by atoms with Crippen molar-refractivity contribution < 1.29 is 4.79 Å². The third kappa shape index (κ3) is 3.67. The van der Waals surface area contributed by atoms with E-state index >= 15 is 0 Å². The molecule has 5 nitrogen and oxygen atoms in total. The highest BCUT2D eigenvalue weighted by atomic mass is 16.2. The number of amides is 2. The van der Waals surface area contributed by atoms with Gasteiger partial charge in [-0.1, -0.05) is 39.0 Å². The summed E-state index contributed by atoms with van der Waals surface area (Å²) in [5, 5.41) is 7.02. The van der Waals surface area contributed by atoms with Crippen molar-refractivity contribution in [2.75, 3.05) is 11.9 Å². The molecule has 0 saturated heterocycles. The number of rotatable bonds is 5. The van der Waals surface area contributed by atoms with Crippen molar-refractivity contribution in [2.24, 2.45) is 5.92 Å². The van der Waals surface area contributed by atoms with E-state index in [1.165, 1.54) is 0 Å². The molecule has 2 rings (SSSR count). The number of nitrogens with one attached hydrogen (secondary N) is 2. The van der Waals surface area contributed by atoms with Crippen LogP contribution in [0.5, 0.6) is 0 Å². The summed E-state index contributed by atoms with van der Waals surface area (Å²) in [6.07, 6.45) is 2.61. The van der Waals surface area contributed by atoms with Gasteiger partial charge in [-0.15, -0.1) is 0 Å². The van der Waals surface area contributed by atoms with Crippen LogP contribution >= 0.6 is 0 Å². The molecule has 0 aliphatic rings. The number of hydrogen-bond acceptors (Lipinski definition) is 2. The van der Waals surface area contributed by atoms with Crippen LogP contribution in [0.3, 0.4) is 0 Å². The van der Waals surface area contributed by atoms with Crippen molar-refractivity contribution in [1.82, 2.24) is 9.88 Å². The van der Waals surface area contributed by atoms with E-state index in [0.717, 1.165) is 11.8 Å². The van der Waals surface area contributed by atoms with Gasteiger partial charge in [-0.05, 0) is 18.4 Å². The molecule has 0 bridgehead atoms. The van der Waals surface area contributed by atoms with Crippen LogP contribution in [0.15, 0.2) is 35.3 Å². The fraction of sp³-hybridized carbons (Fsp3) is 0.412. The zero-order chi connectivity index (χ0) is 16.1. The molecule has 0 unspecified atom stereocenters. The van der Waals surface area contributed by atoms with Crippen LogP contribution in [-0.2, 0) is 6.54 Å². The van der Waals surface area contributed by atoms with Crippen LogP contribution in [0, 0.1) is 5.92 Å². The van der Waals surface area contributed by atoms with Crippen LogP contribution in [0.4, 0.5) is 10.5 Å². The predicted octanol–water partition coefficient (Wildman–Crippen LogP) is 3.19. The van der Waals surface area contributed by atoms with E-state index in [1.807, 2.05) is 25.1 Å². The number of carbonyl (C=O) groups excluding carboxylic acids is 1. The number of benzene rings is 1. The van der Waals surface area contributed by atoms with Crippen LogP contribution in [0.2, 0.25) is 0 Å². The lowest BCUT2D eigenvalue weighted by atomic mass is 10.1. The average Bonchev–Trinajstić information content (AvgIpc) is 2.49. The number of carbonyl (C=O) groups is 1. The first-order valence-corrected chi connectivity index (χ1v) is 7.70. The van der Waals surface area contributed by atoms with E-state index in [9.17, 15) is 9.59 Å². The molecule has 0 fully saturated rings. The summed E-state index contributed by atoms with van der Waals surface area (Å²) in [4.78, 5) is 24.4. The molecule has 1 heterocycles. The van der Waals surface area contributed by atoms with E-state index in [4.69, 9.17) is 0 Å². The van der Waals surface area contributed by atoms with Crippen LogP contribution in [0.1, 0.15) is 27.2 Å². The van der Waals surface area contributed by atoms with E-state index < -0.39 is 0 Å². The van der Waals surface area contributed by atoms with Gasteiger partial charge < -0.3 is 15.2 Å². The second-order valence-corrected chi connectivity index (χ2v) is 5.82. The topological polar surface area (TPSA) is 63.1 Å². The summed E-state index contributed by atoms with van der Waals surface area (Å²) in [6.45, 7) is 7.36. The average molecular weight is 301 g/mol. The lowest BCUT2D eigenvalue weighted by Gasteiger charge is -2.15. The number of aromatic nitrogens is 1. The minimum atomic E-state index is -0.248. The lowest BCUT2D eigenvalue weighted by Crippen LogP contribution is -2.30. The zero-order valence-electron chi connectivity index (χ0n) is 13.3. The Bertz CT molecular complexity index is 719. The first-order chi connectivity index (χ1) is 10.5. The van der Waals surface area contributed by atoms with Gasteiger partial charge in [-0.25, -0.2) is 4.79 Å². The number of anilines is 1. The molecular weight excluding hydrogens is 278 g/mol. The normalized spacial score (nSPS) is 10.9. The van der Waals surface area contributed by atoms with Crippen molar-refractivity contribution in [2.45, 2.75) is 33.7 Å². The zero-order valence-corrected chi connectivity index (χ0v) is 13.3. The second-order valence-electron chi connectivity index (χ2n) is 5.82. The molecule has 0 spiro atoms. The van der Waals surface area contributed by atoms with Gasteiger partial charge in [0.25, 0.3) is 5.56 Å². The van der Waals surface area contributed by atoms with E-state index in [1.54, 1.807) is 16.8 Å². The molecule has 0 saturated carbocycles. The van der Waals surface area contributed by atoms with E-state index in [0.29, 0.717) is 30.1 Å². The van der Waals surface area contributed by atoms with E-state index in [2.05, 4.69) is 24.5 Å². The molecule has 2 aromatic rings. The highest BCUT2D eigenvalue weighted by Crippen LogP contribution is 2.20. The molecule has 0 aliphatic heterocycles. The smallest absolute Gasteiger partial charge is 0.319 e. The maximum Gasteiger partial charge on any atom is 0.319 e. The molecule has 0 radical (unpaired) electrons. The maximum absolute atomic E-state index is 12.5. The third-order valence-corrected chi connectivity index (χ3v) is 3.34. The minimum absolute atomic E-state index is 0.0242. The van der Waals surface area contributed by atoms with Crippen molar-refractivity contribution in [1.29, 1.82) is 0 Å². The number of hydrogen-bond donors (Lipinski definition) is 2. The Morgan fingerprint density at radius 2 is 1.91 bits per heavy atom. The first-order valence-electron chi connectivity index (χ1n) is 7.70. The molecule has 2 N–H and O–H groups in total. The van der Waals surface area contributed by atoms with Crippen molar-refractivity contribution >= 4 is 22.5 Å². The van der Waals surface area contributed by atoms with Gasteiger partial charge in [-0.2, -0.15) is 0 Å². The summed E-state index contributed by atoms with van der Waals surface area (Å²) in [5.74, 6) is 0.348. The molecule has 1 aromatic carbocycles. The summed E-state index contributed by atoms with van der Waals surface area (Å²) >= 11 is 0. The molecule has 22 heavy (non-hydrogen) atoms. The van der Waals surface area contributed by atoms with Gasteiger partial charge >= 0.3 is 6.03 Å². The van der Waals surface area contributed by atoms with Crippen LogP contribution in [-0.4, -0.2) is 17.1 Å². The number of fused-ring (bicyclic) bond motifs is 1. The van der Waals surface area contributed by atoms with Gasteiger partial charge in [0.05, 0.1) is 5.69 Å². The molecule has 2 amide bonds. The third-order valence-electron chi connectivity index (χ3n) is 3.34. The molecule has 1 aromatic heterocycles. The van der Waals surface area contributed by atoms with Crippen LogP contribution in [0.25, 0.3) is 10.8 Å². The highest BCUT2D eigenvalue weighted by Gasteiger charge is 2.11. The van der Waals surface area contributed by atoms with Gasteiger partial charge in [0.15, 0.2) is 0 Å². The molecule has 0 aliphatic carbocycles. The Labute approximate surface area is 130 Å². The first kappa shape index (κ1) is 16.1. The summed E-state index contributed by atoms with van der Waals surface area (Å²) in [5.41, 5.74) is 0.633. The molecule has 5 heteroatoms. The van der Waals surface area contributed by atoms with Gasteiger partial charge in [-0.3, -0.25) is 4.79 Å². The second kappa shape index (κ2) is 7.11. The Balaban J connectivity index is 2.45. The summed E-state index contributed by atoms with van der Waals surface area (Å²) in [6, 6.07) is 7.10. The van der Waals surface area contributed by atoms with Gasteiger partial charge in [0.1, 0.15) is 0 Å². The lowest BCUT2D eigenvalue weighted by molar-refractivity contribution is 0.252. The fourth-order valence-electron chi connectivity index (χ4n) is 2.38. The number of urea groups is 1. The quantitative estimate of drug-likeness (QED) is 0.891. The van der Waals surface area contributed by atoms with Gasteiger partial charge in [0.2, 0.25) is 0 Å². The van der Waals surface area contributed by atoms with Gasteiger partial charge in [0, 0.05) is 30.1 Å². The minimum Gasteiger partial charge on any atom is -0.338 e. The molecule has 118 valence electrons. The molecule has 0 atom stereocenters. The molecular formula is C17H23N3O2. The Kier molecular flexibility index (Phi) is 5.20.